The second-order valence-corrected chi connectivity index (χ2v) is 4.52. The van der Waals surface area contributed by atoms with E-state index in [1.54, 1.807) is 13.3 Å². The minimum Gasteiger partial charge on any atom is -0.488 e. The van der Waals surface area contributed by atoms with E-state index in [4.69, 9.17) is 9.47 Å². The number of carbonyl (C=O) groups excluding carboxylic acids is 1. The fourth-order valence-electron chi connectivity index (χ4n) is 1.92. The topological polar surface area (TPSA) is 48.4 Å². The van der Waals surface area contributed by atoms with E-state index in [-0.39, 0.29) is 5.78 Å². The van der Waals surface area contributed by atoms with Crippen molar-refractivity contribution in [2.75, 3.05) is 7.11 Å². The molecule has 0 aliphatic carbocycles. The van der Waals surface area contributed by atoms with Crippen molar-refractivity contribution >= 4 is 5.78 Å². The van der Waals surface area contributed by atoms with E-state index in [0.29, 0.717) is 23.8 Å². The van der Waals surface area contributed by atoms with Crippen molar-refractivity contribution in [1.82, 2.24) is 4.98 Å². The number of ether oxygens (including phenoxy) is 2. The SMILES string of the molecule is COc1ncccc1COc1ccc(C)cc1C(C)=O. The van der Waals surface area contributed by atoms with Gasteiger partial charge in [0.25, 0.3) is 0 Å². The summed E-state index contributed by atoms with van der Waals surface area (Å²) in [6, 6.07) is 9.27. The third-order valence-corrected chi connectivity index (χ3v) is 2.94. The molecule has 0 fully saturated rings. The molecule has 0 saturated heterocycles. The highest BCUT2D eigenvalue weighted by molar-refractivity contribution is 5.97. The minimum absolute atomic E-state index is 0.0122. The van der Waals surface area contributed by atoms with E-state index in [0.717, 1.165) is 11.1 Å². The average molecular weight is 271 g/mol. The normalized spacial score (nSPS) is 10.2. The lowest BCUT2D eigenvalue weighted by molar-refractivity contribution is 0.101. The first-order valence-corrected chi connectivity index (χ1v) is 6.34. The van der Waals surface area contributed by atoms with Crippen molar-refractivity contribution in [3.05, 3.63) is 53.2 Å². The van der Waals surface area contributed by atoms with Crippen molar-refractivity contribution < 1.29 is 14.3 Å². The van der Waals surface area contributed by atoms with Crippen molar-refractivity contribution in [3.8, 4) is 11.6 Å². The molecule has 0 aliphatic rings. The molecule has 0 N–H and O–H groups in total. The molecule has 1 aromatic carbocycles. The fourth-order valence-corrected chi connectivity index (χ4v) is 1.92. The van der Waals surface area contributed by atoms with Gasteiger partial charge in [0, 0.05) is 6.20 Å². The van der Waals surface area contributed by atoms with Crippen LogP contribution in [-0.2, 0) is 6.61 Å². The highest BCUT2D eigenvalue weighted by atomic mass is 16.5. The predicted molar refractivity (Wildman–Crippen MR) is 76.3 cm³/mol. The number of hydrogen-bond donors (Lipinski definition) is 0. The van der Waals surface area contributed by atoms with Gasteiger partial charge in [0.2, 0.25) is 5.88 Å². The number of benzene rings is 1. The Bertz CT molecular complexity index is 623. The summed E-state index contributed by atoms with van der Waals surface area (Å²) in [7, 11) is 1.57. The molecule has 4 heteroatoms. The van der Waals surface area contributed by atoms with Gasteiger partial charge < -0.3 is 9.47 Å². The molecule has 2 rings (SSSR count). The van der Waals surface area contributed by atoms with Gasteiger partial charge in [0.1, 0.15) is 12.4 Å². The molecule has 2 aromatic rings. The first-order chi connectivity index (χ1) is 9.61. The summed E-state index contributed by atoms with van der Waals surface area (Å²) in [5.74, 6) is 1.10. The number of hydrogen-bond acceptors (Lipinski definition) is 4. The Morgan fingerprint density at radius 3 is 2.80 bits per heavy atom. The molecule has 1 aromatic heterocycles. The molecule has 104 valence electrons. The zero-order chi connectivity index (χ0) is 14.5. The monoisotopic (exact) mass is 271 g/mol. The van der Waals surface area contributed by atoms with Gasteiger partial charge in [-0.3, -0.25) is 4.79 Å². The Kier molecular flexibility index (Phi) is 4.35. The number of nitrogens with zero attached hydrogens (tertiary/aromatic N) is 1. The molecule has 0 unspecified atom stereocenters. The van der Waals surface area contributed by atoms with Gasteiger partial charge in [-0.15, -0.1) is 0 Å². The van der Waals surface area contributed by atoms with Crippen LogP contribution in [0.2, 0.25) is 0 Å². The second-order valence-electron chi connectivity index (χ2n) is 4.52. The summed E-state index contributed by atoms with van der Waals surface area (Å²) in [5, 5.41) is 0. The van der Waals surface area contributed by atoms with E-state index in [1.807, 2.05) is 37.3 Å². The van der Waals surface area contributed by atoms with Crippen molar-refractivity contribution in [2.24, 2.45) is 0 Å². The van der Waals surface area contributed by atoms with Gasteiger partial charge in [0.05, 0.1) is 18.2 Å². The van der Waals surface area contributed by atoms with Crippen LogP contribution in [-0.4, -0.2) is 17.9 Å². The lowest BCUT2D eigenvalue weighted by Crippen LogP contribution is -2.04. The number of rotatable bonds is 5. The molecule has 0 spiro atoms. The maximum absolute atomic E-state index is 11.6. The molecule has 0 bridgehead atoms. The summed E-state index contributed by atoms with van der Waals surface area (Å²) in [6.45, 7) is 3.78. The third-order valence-electron chi connectivity index (χ3n) is 2.94. The summed E-state index contributed by atoms with van der Waals surface area (Å²) >= 11 is 0. The van der Waals surface area contributed by atoms with Crippen molar-refractivity contribution in [2.45, 2.75) is 20.5 Å². The van der Waals surface area contributed by atoms with Gasteiger partial charge in [-0.1, -0.05) is 11.6 Å². The maximum Gasteiger partial charge on any atom is 0.219 e. The highest BCUT2D eigenvalue weighted by Crippen LogP contribution is 2.23. The van der Waals surface area contributed by atoms with Gasteiger partial charge in [-0.2, -0.15) is 0 Å². The van der Waals surface area contributed by atoms with Crippen LogP contribution < -0.4 is 9.47 Å². The smallest absolute Gasteiger partial charge is 0.219 e. The predicted octanol–water partition coefficient (Wildman–Crippen LogP) is 3.18. The molecular formula is C16H17NO3. The number of pyridine rings is 1. The van der Waals surface area contributed by atoms with Crippen LogP contribution in [0.1, 0.15) is 28.4 Å². The Labute approximate surface area is 118 Å². The molecule has 0 atom stereocenters. The number of aryl methyl sites for hydroxylation is 1. The van der Waals surface area contributed by atoms with Gasteiger partial charge in [-0.05, 0) is 38.1 Å². The van der Waals surface area contributed by atoms with E-state index in [2.05, 4.69) is 4.98 Å². The molecule has 0 radical (unpaired) electrons. The average Bonchev–Trinajstić information content (AvgIpc) is 2.46. The van der Waals surface area contributed by atoms with Crippen LogP contribution in [0.3, 0.4) is 0 Å². The molecule has 1 heterocycles. The van der Waals surface area contributed by atoms with E-state index in [1.165, 1.54) is 6.92 Å². The molecule has 4 nitrogen and oxygen atoms in total. The lowest BCUT2D eigenvalue weighted by Gasteiger charge is -2.12. The number of carbonyl (C=O) groups is 1. The zero-order valence-corrected chi connectivity index (χ0v) is 11.8. The molecule has 0 aliphatic heterocycles. The van der Waals surface area contributed by atoms with E-state index in [9.17, 15) is 4.79 Å². The molecule has 0 amide bonds. The van der Waals surface area contributed by atoms with Crippen LogP contribution in [0.15, 0.2) is 36.5 Å². The van der Waals surface area contributed by atoms with Crippen LogP contribution in [0, 0.1) is 6.92 Å². The number of aromatic nitrogens is 1. The third kappa shape index (κ3) is 3.15. The Hall–Kier alpha value is -2.36. The van der Waals surface area contributed by atoms with Crippen LogP contribution in [0.25, 0.3) is 0 Å². The first kappa shape index (κ1) is 14.1. The van der Waals surface area contributed by atoms with E-state index < -0.39 is 0 Å². The van der Waals surface area contributed by atoms with Crippen LogP contribution >= 0.6 is 0 Å². The summed E-state index contributed by atoms with van der Waals surface area (Å²) < 4.78 is 10.9. The first-order valence-electron chi connectivity index (χ1n) is 6.34. The summed E-state index contributed by atoms with van der Waals surface area (Å²) in [6.07, 6.45) is 1.66. The lowest BCUT2D eigenvalue weighted by atomic mass is 10.1. The molecular weight excluding hydrogens is 254 g/mol. The van der Waals surface area contributed by atoms with Gasteiger partial charge in [0.15, 0.2) is 5.78 Å². The zero-order valence-electron chi connectivity index (χ0n) is 11.8. The van der Waals surface area contributed by atoms with Crippen LogP contribution in [0.5, 0.6) is 11.6 Å². The standard InChI is InChI=1S/C16H17NO3/c1-11-6-7-15(14(9-11)12(2)18)20-10-13-5-4-8-17-16(13)19-3/h4-9H,10H2,1-3H3. The number of Topliss-reactive ketones (excluding diaryl/α,β-unsaturated/α-hetero) is 1. The van der Waals surface area contributed by atoms with Gasteiger partial charge >= 0.3 is 0 Å². The quantitative estimate of drug-likeness (QED) is 0.784. The number of methoxy groups -OCH3 is 1. The Balaban J connectivity index is 2.21. The fraction of sp³-hybridized carbons (Fsp3) is 0.250. The Morgan fingerprint density at radius 2 is 2.10 bits per heavy atom. The summed E-state index contributed by atoms with van der Waals surface area (Å²) in [5.41, 5.74) is 2.46. The summed E-state index contributed by atoms with van der Waals surface area (Å²) in [4.78, 5) is 15.7. The van der Waals surface area contributed by atoms with Crippen LogP contribution in [0.4, 0.5) is 0 Å². The van der Waals surface area contributed by atoms with Gasteiger partial charge in [-0.25, -0.2) is 4.98 Å². The van der Waals surface area contributed by atoms with Crippen molar-refractivity contribution in [1.29, 1.82) is 0 Å². The van der Waals surface area contributed by atoms with E-state index >= 15 is 0 Å². The Morgan fingerprint density at radius 1 is 1.30 bits per heavy atom. The second kappa shape index (κ2) is 6.19. The largest absolute Gasteiger partial charge is 0.488 e. The highest BCUT2D eigenvalue weighted by Gasteiger charge is 2.10. The minimum atomic E-state index is -0.0122. The maximum atomic E-state index is 11.6. The number of ketones is 1. The molecule has 20 heavy (non-hydrogen) atoms. The van der Waals surface area contributed by atoms with Crippen molar-refractivity contribution in [3.63, 3.8) is 0 Å². The molecule has 0 saturated carbocycles.